The van der Waals surface area contributed by atoms with E-state index in [4.69, 9.17) is 0 Å². The molecule has 2 atom stereocenters. The van der Waals surface area contributed by atoms with Gasteiger partial charge in [0.15, 0.2) is 0 Å². The average molecular weight is 258 g/mol. The summed E-state index contributed by atoms with van der Waals surface area (Å²) in [5.74, 6) is 2.95. The van der Waals surface area contributed by atoms with Crippen molar-refractivity contribution in [2.24, 2.45) is 11.8 Å². The Kier molecular flexibility index (Phi) is 7.56. The maximum atomic E-state index is 3.74. The van der Waals surface area contributed by atoms with E-state index in [2.05, 4.69) is 37.2 Å². The van der Waals surface area contributed by atoms with Crippen LogP contribution in [0.25, 0.3) is 0 Å². The van der Waals surface area contributed by atoms with E-state index in [1.54, 1.807) is 0 Å². The number of thioether (sulfide) groups is 1. The first-order valence-electron chi connectivity index (χ1n) is 7.12. The highest BCUT2D eigenvalue weighted by molar-refractivity contribution is 7.98. The van der Waals surface area contributed by atoms with Gasteiger partial charge in [-0.2, -0.15) is 11.8 Å². The molecule has 0 aromatic rings. The molecular formula is C14H30N2S. The Morgan fingerprint density at radius 2 is 1.94 bits per heavy atom. The second kappa shape index (κ2) is 8.39. The number of nitrogens with zero attached hydrogens (tertiary/aromatic N) is 1. The second-order valence-electron chi connectivity index (χ2n) is 5.53. The number of nitrogens with one attached hydrogen (secondary N) is 1. The third-order valence-electron chi connectivity index (χ3n) is 4.03. The van der Waals surface area contributed by atoms with Crippen LogP contribution in [0.4, 0.5) is 0 Å². The van der Waals surface area contributed by atoms with Gasteiger partial charge in [-0.15, -0.1) is 0 Å². The van der Waals surface area contributed by atoms with Gasteiger partial charge in [0.25, 0.3) is 0 Å². The quantitative estimate of drug-likeness (QED) is 0.756. The van der Waals surface area contributed by atoms with Crippen LogP contribution in [0.3, 0.4) is 0 Å². The smallest absolute Gasteiger partial charge is 0.00680 e. The minimum atomic E-state index is 0.693. The summed E-state index contributed by atoms with van der Waals surface area (Å²) < 4.78 is 0. The second-order valence-corrected chi connectivity index (χ2v) is 6.44. The zero-order valence-corrected chi connectivity index (χ0v) is 12.9. The maximum absolute atomic E-state index is 3.74. The van der Waals surface area contributed by atoms with Crippen LogP contribution >= 0.6 is 11.8 Å². The largest absolute Gasteiger partial charge is 0.314 e. The van der Waals surface area contributed by atoms with Gasteiger partial charge < -0.3 is 10.2 Å². The van der Waals surface area contributed by atoms with Crippen LogP contribution in [-0.2, 0) is 0 Å². The molecule has 1 aliphatic heterocycles. The average Bonchev–Trinajstić information content (AvgIpc) is 2.36. The molecule has 0 amide bonds. The Hall–Kier alpha value is 0.270. The summed E-state index contributed by atoms with van der Waals surface area (Å²) in [6, 6.07) is 0.693. The number of hydrogen-bond donors (Lipinski definition) is 1. The number of piperidine rings is 1. The van der Waals surface area contributed by atoms with Crippen LogP contribution < -0.4 is 5.32 Å². The maximum Gasteiger partial charge on any atom is 0.00680 e. The number of likely N-dealkylation sites (tertiary alicyclic amines) is 1. The van der Waals surface area contributed by atoms with E-state index >= 15 is 0 Å². The Morgan fingerprint density at radius 3 is 2.47 bits per heavy atom. The molecule has 0 radical (unpaired) electrons. The fraction of sp³-hybridized carbons (Fsp3) is 1.00. The summed E-state index contributed by atoms with van der Waals surface area (Å²) in [6.45, 7) is 12.0. The van der Waals surface area contributed by atoms with Crippen molar-refractivity contribution < 1.29 is 0 Å². The molecule has 2 nitrogen and oxygen atoms in total. The van der Waals surface area contributed by atoms with Crippen molar-refractivity contribution in [1.82, 2.24) is 10.2 Å². The first kappa shape index (κ1) is 15.3. The van der Waals surface area contributed by atoms with Gasteiger partial charge in [0.2, 0.25) is 0 Å². The van der Waals surface area contributed by atoms with E-state index in [-0.39, 0.29) is 0 Å². The minimum absolute atomic E-state index is 0.693. The topological polar surface area (TPSA) is 15.3 Å². The molecule has 0 aromatic carbocycles. The molecule has 1 fully saturated rings. The van der Waals surface area contributed by atoms with Crippen LogP contribution in [0, 0.1) is 11.8 Å². The summed E-state index contributed by atoms with van der Waals surface area (Å²) in [5.41, 5.74) is 0. The van der Waals surface area contributed by atoms with E-state index in [9.17, 15) is 0 Å². The van der Waals surface area contributed by atoms with Gasteiger partial charge in [-0.05, 0) is 69.8 Å². The van der Waals surface area contributed by atoms with E-state index < -0.39 is 0 Å². The van der Waals surface area contributed by atoms with Gasteiger partial charge in [-0.25, -0.2) is 0 Å². The first-order chi connectivity index (χ1) is 8.17. The monoisotopic (exact) mass is 258 g/mol. The summed E-state index contributed by atoms with van der Waals surface area (Å²) >= 11 is 1.95. The van der Waals surface area contributed by atoms with Gasteiger partial charge in [-0.1, -0.05) is 13.8 Å². The Bertz CT molecular complexity index is 191. The zero-order chi connectivity index (χ0) is 12.7. The fourth-order valence-electron chi connectivity index (χ4n) is 2.67. The highest BCUT2D eigenvalue weighted by atomic mass is 32.2. The number of hydrogen-bond acceptors (Lipinski definition) is 3. The Morgan fingerprint density at radius 1 is 1.29 bits per heavy atom. The predicted molar refractivity (Wildman–Crippen MR) is 79.8 cm³/mol. The lowest BCUT2D eigenvalue weighted by Gasteiger charge is -2.35. The van der Waals surface area contributed by atoms with E-state index in [1.165, 1.54) is 44.8 Å². The summed E-state index contributed by atoms with van der Waals surface area (Å²) in [6.07, 6.45) is 4.94. The highest BCUT2D eigenvalue weighted by Crippen LogP contribution is 2.20. The van der Waals surface area contributed by atoms with Gasteiger partial charge >= 0.3 is 0 Å². The SMILES string of the molecule is CCN1CCC(C(C)NCC(C)CSC)CC1. The van der Waals surface area contributed by atoms with Crippen LogP contribution in [0.2, 0.25) is 0 Å². The molecule has 2 unspecified atom stereocenters. The van der Waals surface area contributed by atoms with Crippen LogP contribution in [0.5, 0.6) is 0 Å². The van der Waals surface area contributed by atoms with Gasteiger partial charge in [0.1, 0.15) is 0 Å². The standard InChI is InChI=1S/C14H30N2S/c1-5-16-8-6-14(7-9-16)13(3)15-10-12(2)11-17-4/h12-15H,5-11H2,1-4H3. The van der Waals surface area contributed by atoms with Crippen molar-refractivity contribution in [3.63, 3.8) is 0 Å². The minimum Gasteiger partial charge on any atom is -0.314 e. The summed E-state index contributed by atoms with van der Waals surface area (Å²) in [7, 11) is 0. The molecule has 1 saturated heterocycles. The van der Waals surface area contributed by atoms with Gasteiger partial charge in [-0.3, -0.25) is 0 Å². The summed E-state index contributed by atoms with van der Waals surface area (Å²) in [5, 5.41) is 3.74. The number of rotatable bonds is 7. The normalized spacial score (nSPS) is 22.6. The van der Waals surface area contributed by atoms with E-state index in [0.717, 1.165) is 11.8 Å². The van der Waals surface area contributed by atoms with Crippen molar-refractivity contribution in [1.29, 1.82) is 0 Å². The Balaban J connectivity index is 2.17. The fourth-order valence-corrected chi connectivity index (χ4v) is 3.35. The lowest BCUT2D eigenvalue weighted by atomic mass is 9.90. The van der Waals surface area contributed by atoms with Crippen LogP contribution in [0.1, 0.15) is 33.6 Å². The van der Waals surface area contributed by atoms with Crippen molar-refractivity contribution >= 4 is 11.8 Å². The molecule has 17 heavy (non-hydrogen) atoms. The van der Waals surface area contributed by atoms with Crippen molar-refractivity contribution in [2.45, 2.75) is 39.7 Å². The van der Waals surface area contributed by atoms with Crippen molar-refractivity contribution in [3.8, 4) is 0 Å². The van der Waals surface area contributed by atoms with Crippen molar-refractivity contribution in [3.05, 3.63) is 0 Å². The summed E-state index contributed by atoms with van der Waals surface area (Å²) in [4.78, 5) is 2.57. The molecular weight excluding hydrogens is 228 g/mol. The zero-order valence-electron chi connectivity index (χ0n) is 12.0. The molecule has 1 heterocycles. The van der Waals surface area contributed by atoms with Crippen LogP contribution in [-0.4, -0.2) is 49.1 Å². The third kappa shape index (κ3) is 5.62. The molecule has 1 aliphatic rings. The molecule has 0 spiro atoms. The van der Waals surface area contributed by atoms with Gasteiger partial charge in [0, 0.05) is 6.04 Å². The molecule has 1 N–H and O–H groups in total. The molecule has 102 valence electrons. The van der Waals surface area contributed by atoms with E-state index in [0.29, 0.717) is 6.04 Å². The highest BCUT2D eigenvalue weighted by Gasteiger charge is 2.22. The molecule has 0 aliphatic carbocycles. The molecule has 0 aromatic heterocycles. The van der Waals surface area contributed by atoms with Crippen LogP contribution in [0.15, 0.2) is 0 Å². The van der Waals surface area contributed by atoms with E-state index in [1.807, 2.05) is 11.8 Å². The third-order valence-corrected chi connectivity index (χ3v) is 4.93. The Labute approximate surface area is 112 Å². The predicted octanol–water partition coefficient (Wildman–Crippen LogP) is 2.70. The first-order valence-corrected chi connectivity index (χ1v) is 8.51. The lowest BCUT2D eigenvalue weighted by molar-refractivity contribution is 0.168. The molecule has 0 saturated carbocycles. The molecule has 1 rings (SSSR count). The van der Waals surface area contributed by atoms with Crippen molar-refractivity contribution in [2.75, 3.05) is 38.2 Å². The van der Waals surface area contributed by atoms with Gasteiger partial charge in [0.05, 0.1) is 0 Å². The molecule has 3 heteroatoms. The lowest BCUT2D eigenvalue weighted by Crippen LogP contribution is -2.43. The molecule has 0 bridgehead atoms.